The molecule has 2 aromatic heterocycles. The number of nitrogens with zero attached hydrogens (tertiary/aromatic N) is 2. The Balaban J connectivity index is 1.79. The van der Waals surface area contributed by atoms with E-state index in [1.165, 1.54) is 12.1 Å². The molecule has 0 saturated heterocycles. The first kappa shape index (κ1) is 32.9. The molecule has 21 heteroatoms. The van der Waals surface area contributed by atoms with Crippen molar-refractivity contribution < 1.29 is 34.3 Å². The van der Waals surface area contributed by atoms with Crippen molar-refractivity contribution in [2.75, 3.05) is 17.2 Å². The number of aromatic nitrogens is 4. The second-order valence-electron chi connectivity index (χ2n) is 9.80. The molecule has 1 unspecified atom stereocenters. The smallest absolute Gasteiger partial charge is 0.327 e. The number of carbonyl (C=O) groups excluding carboxylic acids is 2. The van der Waals surface area contributed by atoms with Gasteiger partial charge in [-0.25, -0.2) is 14.4 Å². The fourth-order valence-electron chi connectivity index (χ4n) is 4.95. The minimum Gasteiger partial charge on any atom is -0.480 e. The summed E-state index contributed by atoms with van der Waals surface area (Å²) in [5, 5.41) is 34.6. The van der Waals surface area contributed by atoms with Crippen LogP contribution in [0.5, 0.6) is 0 Å². The number of nitro benzene ring substituents is 1. The zero-order valence-electron chi connectivity index (χ0n) is 23.2. The van der Waals surface area contributed by atoms with Gasteiger partial charge in [0.25, 0.3) is 16.8 Å². The molecular formula is C25H24N8O12S. The summed E-state index contributed by atoms with van der Waals surface area (Å²) in [7, 11) is 0. The van der Waals surface area contributed by atoms with E-state index in [2.05, 4.69) is 33.2 Å². The van der Waals surface area contributed by atoms with Crippen molar-refractivity contribution in [2.45, 2.75) is 30.8 Å². The third-order valence-corrected chi connectivity index (χ3v) is 7.27. The molecule has 242 valence electrons. The summed E-state index contributed by atoms with van der Waals surface area (Å²) in [6.45, 7) is -0.733. The first-order valence-electron chi connectivity index (χ1n) is 13.1. The van der Waals surface area contributed by atoms with Crippen molar-refractivity contribution in [3.05, 3.63) is 92.7 Å². The number of amides is 2. The Morgan fingerprint density at radius 2 is 1.48 bits per heavy atom. The number of carbonyl (C=O) groups is 4. The number of aliphatic carboxylic acids is 2. The largest absolute Gasteiger partial charge is 0.480 e. The molecule has 1 aliphatic rings. The van der Waals surface area contributed by atoms with Crippen molar-refractivity contribution in [1.82, 2.24) is 30.6 Å². The van der Waals surface area contributed by atoms with Crippen LogP contribution >= 0.6 is 12.6 Å². The highest BCUT2D eigenvalue weighted by Crippen LogP contribution is 2.44. The Labute approximate surface area is 259 Å². The van der Waals surface area contributed by atoms with Crippen LogP contribution in [0.1, 0.15) is 35.4 Å². The van der Waals surface area contributed by atoms with Crippen LogP contribution in [0.25, 0.3) is 0 Å². The Morgan fingerprint density at radius 1 is 0.935 bits per heavy atom. The number of aromatic amines is 4. The first-order chi connectivity index (χ1) is 21.7. The zero-order chi connectivity index (χ0) is 33.9. The second kappa shape index (κ2) is 13.3. The van der Waals surface area contributed by atoms with Gasteiger partial charge in [-0.15, -0.1) is 0 Å². The molecule has 4 rings (SSSR count). The number of nitrogens with one attached hydrogen (secondary N) is 6. The molecule has 2 amide bonds. The van der Waals surface area contributed by atoms with Gasteiger partial charge in [0.2, 0.25) is 11.8 Å². The topological polar surface area (TPSA) is 311 Å². The lowest BCUT2D eigenvalue weighted by molar-refractivity contribution is -0.384. The highest BCUT2D eigenvalue weighted by Gasteiger charge is 2.42. The van der Waals surface area contributed by atoms with E-state index in [0.29, 0.717) is 0 Å². The first-order valence-corrected chi connectivity index (χ1v) is 13.8. The number of non-ortho nitro benzene ring substituents is 1. The van der Waals surface area contributed by atoms with Gasteiger partial charge in [-0.3, -0.25) is 58.9 Å². The van der Waals surface area contributed by atoms with Crippen LogP contribution in [-0.2, 0) is 19.2 Å². The molecule has 0 spiro atoms. The standard InChI is InChI=1S/C25H24N8O12S/c34-13(27-11(8-46)20(37)26-7-14(35)36)6-5-12(23(40)41)32-18-16(21(38)30-24(42)28-18)15(9-1-3-10(4-2-9)33(44)45)17-19(32)29-25(43)31-22(17)39/h1-4,11-12,15,46H,5-8H2,(H,26,37)(H,27,34)(H,35,36)(H,40,41)(H2,28,30,38,42)(H2,29,31,39,43)/t11-,12?/m0/s1. The lowest BCUT2D eigenvalue weighted by Crippen LogP contribution is -2.50. The molecule has 2 atom stereocenters. The van der Waals surface area contributed by atoms with E-state index in [9.17, 15) is 53.6 Å². The number of carboxylic acid groups (broad SMARTS) is 2. The molecule has 0 aliphatic carbocycles. The molecule has 46 heavy (non-hydrogen) atoms. The minimum atomic E-state index is -1.83. The van der Waals surface area contributed by atoms with Crippen molar-refractivity contribution in [3.63, 3.8) is 0 Å². The summed E-state index contributed by atoms with van der Waals surface area (Å²) >= 11 is 3.96. The molecular weight excluding hydrogens is 636 g/mol. The SMILES string of the molecule is O=C(O)CNC(=O)[C@H](CS)NC(=O)CCC(C(=O)O)N1c2[nH]c(=O)[nH]c(=O)c2C(c2ccc([N+](=O)[O-])cc2)c2c1[nH]c(=O)[nH]c2=O. The van der Waals surface area contributed by atoms with Gasteiger partial charge in [0.05, 0.1) is 22.0 Å². The normalized spacial score (nSPS) is 13.5. The molecule has 1 aromatic carbocycles. The van der Waals surface area contributed by atoms with Crippen molar-refractivity contribution in [2.24, 2.45) is 0 Å². The molecule has 1 aliphatic heterocycles. The monoisotopic (exact) mass is 660 g/mol. The van der Waals surface area contributed by atoms with Crippen molar-refractivity contribution in [1.29, 1.82) is 0 Å². The molecule has 0 bridgehead atoms. The highest BCUT2D eigenvalue weighted by atomic mass is 32.1. The maximum absolute atomic E-state index is 13.3. The van der Waals surface area contributed by atoms with Crippen LogP contribution in [0.4, 0.5) is 17.3 Å². The molecule has 0 radical (unpaired) electrons. The van der Waals surface area contributed by atoms with Gasteiger partial charge >= 0.3 is 23.3 Å². The maximum atomic E-state index is 13.3. The Hall–Kier alpha value is -5.99. The van der Waals surface area contributed by atoms with Crippen LogP contribution < -0.4 is 38.0 Å². The summed E-state index contributed by atoms with van der Waals surface area (Å²) in [4.78, 5) is 120. The summed E-state index contributed by atoms with van der Waals surface area (Å²) in [5.74, 6) is -7.20. The predicted molar refractivity (Wildman–Crippen MR) is 159 cm³/mol. The summed E-state index contributed by atoms with van der Waals surface area (Å²) in [6.07, 6.45) is -1.18. The molecule has 0 fully saturated rings. The number of benzene rings is 1. The van der Waals surface area contributed by atoms with E-state index in [1.807, 2.05) is 9.97 Å². The fraction of sp³-hybridized carbons (Fsp3) is 0.280. The number of nitro groups is 1. The predicted octanol–water partition coefficient (Wildman–Crippen LogP) is -2.17. The molecule has 3 aromatic rings. The van der Waals surface area contributed by atoms with Gasteiger partial charge in [0.1, 0.15) is 30.3 Å². The molecule has 8 N–H and O–H groups in total. The lowest BCUT2D eigenvalue weighted by atomic mass is 9.83. The Kier molecular flexibility index (Phi) is 9.54. The lowest BCUT2D eigenvalue weighted by Gasteiger charge is -2.38. The maximum Gasteiger partial charge on any atom is 0.327 e. The van der Waals surface area contributed by atoms with Crippen molar-refractivity contribution >= 4 is 53.7 Å². The average molecular weight is 661 g/mol. The average Bonchev–Trinajstić information content (AvgIpc) is 2.98. The van der Waals surface area contributed by atoms with Crippen LogP contribution in [0.15, 0.2) is 43.4 Å². The third-order valence-electron chi connectivity index (χ3n) is 6.90. The van der Waals surface area contributed by atoms with E-state index in [4.69, 9.17) is 5.11 Å². The quantitative estimate of drug-likeness (QED) is 0.0568. The number of rotatable bonds is 12. The number of hydrogen-bond acceptors (Lipinski definition) is 12. The summed E-state index contributed by atoms with van der Waals surface area (Å²) < 4.78 is 0. The fourth-order valence-corrected chi connectivity index (χ4v) is 5.21. The minimum absolute atomic E-state index is 0.132. The van der Waals surface area contributed by atoms with E-state index in [0.717, 1.165) is 17.0 Å². The number of H-pyrrole nitrogens is 4. The van der Waals surface area contributed by atoms with Crippen LogP contribution in [-0.4, -0.2) is 83.2 Å². The van der Waals surface area contributed by atoms with Gasteiger partial charge in [-0.05, 0) is 12.0 Å². The van der Waals surface area contributed by atoms with E-state index in [-0.39, 0.29) is 28.1 Å². The van der Waals surface area contributed by atoms with Crippen molar-refractivity contribution in [3.8, 4) is 0 Å². The van der Waals surface area contributed by atoms with Gasteiger partial charge in [0.15, 0.2) is 0 Å². The number of thiol groups is 1. The van der Waals surface area contributed by atoms with Crippen LogP contribution in [0, 0.1) is 10.1 Å². The van der Waals surface area contributed by atoms with E-state index >= 15 is 0 Å². The Morgan fingerprint density at radius 3 is 1.93 bits per heavy atom. The van der Waals surface area contributed by atoms with E-state index < -0.39 is 100 Å². The number of anilines is 2. The van der Waals surface area contributed by atoms with Gasteiger partial charge in [-0.2, -0.15) is 12.6 Å². The molecule has 20 nitrogen and oxygen atoms in total. The number of fused-ring (bicyclic) bond motifs is 2. The third kappa shape index (κ3) is 6.72. The molecule has 0 saturated carbocycles. The van der Waals surface area contributed by atoms with Gasteiger partial charge in [-0.1, -0.05) is 12.1 Å². The highest BCUT2D eigenvalue weighted by molar-refractivity contribution is 7.80. The molecule has 3 heterocycles. The summed E-state index contributed by atoms with van der Waals surface area (Å²) in [5.41, 5.74) is -5.15. The van der Waals surface area contributed by atoms with Crippen LogP contribution in [0.3, 0.4) is 0 Å². The van der Waals surface area contributed by atoms with E-state index in [1.54, 1.807) is 0 Å². The second-order valence-corrected chi connectivity index (χ2v) is 10.2. The van der Waals surface area contributed by atoms with Gasteiger partial charge < -0.3 is 20.8 Å². The zero-order valence-corrected chi connectivity index (χ0v) is 24.1. The summed E-state index contributed by atoms with van der Waals surface area (Å²) in [6, 6.07) is 1.56. The Bertz CT molecular complexity index is 1890. The number of carboxylic acids is 2. The van der Waals surface area contributed by atoms with Gasteiger partial charge in [0, 0.05) is 24.3 Å². The van der Waals surface area contributed by atoms with Crippen LogP contribution in [0.2, 0.25) is 0 Å². The number of hydrogen-bond donors (Lipinski definition) is 9.